The molecule has 7 heteroatoms. The Hall–Kier alpha value is -3.45. The summed E-state index contributed by atoms with van der Waals surface area (Å²) in [6, 6.07) is 17.1. The number of aryl methyl sites for hydroxylation is 1. The van der Waals surface area contributed by atoms with Crippen molar-refractivity contribution in [2.24, 2.45) is 0 Å². The van der Waals surface area contributed by atoms with Crippen LogP contribution >= 0.6 is 11.3 Å². The highest BCUT2D eigenvalue weighted by Gasteiger charge is 2.32. The van der Waals surface area contributed by atoms with E-state index in [1.54, 1.807) is 17.9 Å². The maximum atomic E-state index is 13.0. The third kappa shape index (κ3) is 6.21. The van der Waals surface area contributed by atoms with E-state index in [1.165, 1.54) is 11.3 Å². The number of ketones is 1. The van der Waals surface area contributed by atoms with Crippen LogP contribution in [0.25, 0.3) is 0 Å². The van der Waals surface area contributed by atoms with Gasteiger partial charge in [0.25, 0.3) is 0 Å². The Balaban J connectivity index is 1.51. The summed E-state index contributed by atoms with van der Waals surface area (Å²) >= 11 is 1.47. The molecule has 36 heavy (non-hydrogen) atoms. The molecule has 0 aliphatic carbocycles. The zero-order valence-electron chi connectivity index (χ0n) is 20.7. The molecule has 2 heterocycles. The molecule has 1 fully saturated rings. The number of piperidine rings is 1. The van der Waals surface area contributed by atoms with Crippen LogP contribution in [-0.4, -0.2) is 42.4 Å². The van der Waals surface area contributed by atoms with Gasteiger partial charge in [0.15, 0.2) is 5.78 Å². The summed E-state index contributed by atoms with van der Waals surface area (Å²) in [6.07, 6.45) is 1.43. The second-order valence-electron chi connectivity index (χ2n) is 9.02. The van der Waals surface area contributed by atoms with Crippen LogP contribution in [0.15, 0.2) is 60.0 Å². The predicted octanol–water partition coefficient (Wildman–Crippen LogP) is 6.17. The van der Waals surface area contributed by atoms with Crippen molar-refractivity contribution >= 4 is 29.2 Å². The molecule has 1 amide bonds. The normalized spacial score (nSPS) is 15.4. The van der Waals surface area contributed by atoms with Gasteiger partial charge in [-0.1, -0.05) is 54.1 Å². The van der Waals surface area contributed by atoms with Crippen LogP contribution in [-0.2, 0) is 22.5 Å². The number of hydrogen-bond acceptors (Lipinski definition) is 6. The number of Topliss-reactive ketones (excluding diaryl/α,β-unsaturated/α-hetero) is 1. The van der Waals surface area contributed by atoms with Crippen molar-refractivity contribution in [1.82, 2.24) is 4.90 Å². The molecule has 1 aliphatic rings. The number of ether oxygens (including phenoxy) is 2. The van der Waals surface area contributed by atoms with Crippen molar-refractivity contribution in [1.29, 1.82) is 0 Å². The summed E-state index contributed by atoms with van der Waals surface area (Å²) in [4.78, 5) is 41.4. The number of likely N-dealkylation sites (tertiary alicyclic amines) is 1. The molecule has 3 aromatic rings. The molecule has 0 radical (unpaired) electrons. The predicted molar refractivity (Wildman–Crippen MR) is 140 cm³/mol. The lowest BCUT2D eigenvalue weighted by atomic mass is 9.91. The number of rotatable bonds is 8. The minimum atomic E-state index is -0.412. The highest BCUT2D eigenvalue weighted by Crippen LogP contribution is 2.36. The number of esters is 1. The van der Waals surface area contributed by atoms with E-state index in [0.29, 0.717) is 29.8 Å². The monoisotopic (exact) mass is 505 g/mol. The van der Waals surface area contributed by atoms with Crippen LogP contribution in [0.1, 0.15) is 68.0 Å². The number of amides is 1. The zero-order chi connectivity index (χ0) is 25.5. The van der Waals surface area contributed by atoms with Crippen molar-refractivity contribution in [3.8, 4) is 0 Å². The standard InChI is InChI=1S/C29H31NO5S/c1-3-34-28(32)26-24(16-25(31)22-12-7-9-20(2)15-22)19-36-27(26)23-13-8-14-30(17-23)29(33)35-18-21-10-5-4-6-11-21/h4-7,9-12,15,19,23H,3,8,13-14,16-18H2,1-2H3. The molecule has 1 atom stereocenters. The largest absolute Gasteiger partial charge is 0.462 e. The maximum absolute atomic E-state index is 13.0. The van der Waals surface area contributed by atoms with Crippen LogP contribution in [0.4, 0.5) is 4.79 Å². The number of carbonyl (C=O) groups is 3. The van der Waals surface area contributed by atoms with Gasteiger partial charge in [-0.25, -0.2) is 9.59 Å². The van der Waals surface area contributed by atoms with Crippen molar-refractivity contribution in [3.63, 3.8) is 0 Å². The van der Waals surface area contributed by atoms with Gasteiger partial charge in [-0.05, 0) is 49.3 Å². The van der Waals surface area contributed by atoms with Crippen molar-refractivity contribution < 1.29 is 23.9 Å². The lowest BCUT2D eigenvalue weighted by molar-refractivity contribution is 0.0523. The fraction of sp³-hybridized carbons (Fsp3) is 0.345. The number of nitrogens with zero attached hydrogens (tertiary/aromatic N) is 1. The van der Waals surface area contributed by atoms with Crippen LogP contribution in [0.5, 0.6) is 0 Å². The van der Waals surface area contributed by atoms with Crippen molar-refractivity contribution in [2.45, 2.75) is 45.6 Å². The third-order valence-electron chi connectivity index (χ3n) is 6.32. The Morgan fingerprint density at radius 1 is 1.06 bits per heavy atom. The number of benzene rings is 2. The van der Waals surface area contributed by atoms with Gasteiger partial charge in [0.05, 0.1) is 12.2 Å². The summed E-state index contributed by atoms with van der Waals surface area (Å²) in [5.41, 5.74) is 3.74. The van der Waals surface area contributed by atoms with Crippen LogP contribution < -0.4 is 0 Å². The molecule has 1 unspecified atom stereocenters. The topological polar surface area (TPSA) is 72.9 Å². The average Bonchev–Trinajstić information content (AvgIpc) is 3.31. The molecule has 6 nitrogen and oxygen atoms in total. The Bertz CT molecular complexity index is 1220. The third-order valence-corrected chi connectivity index (χ3v) is 7.52. The molecule has 0 bridgehead atoms. The van der Waals surface area contributed by atoms with Crippen LogP contribution in [0.3, 0.4) is 0 Å². The van der Waals surface area contributed by atoms with Gasteiger partial charge in [-0.15, -0.1) is 11.3 Å². The van der Waals surface area contributed by atoms with Gasteiger partial charge in [0, 0.05) is 35.9 Å². The van der Waals surface area contributed by atoms with E-state index in [4.69, 9.17) is 9.47 Å². The number of carbonyl (C=O) groups excluding carboxylic acids is 3. The summed E-state index contributed by atoms with van der Waals surface area (Å²) in [5, 5.41) is 1.89. The summed E-state index contributed by atoms with van der Waals surface area (Å²) < 4.78 is 10.9. The fourth-order valence-corrected chi connectivity index (χ4v) is 5.72. The van der Waals surface area contributed by atoms with E-state index in [2.05, 4.69) is 0 Å². The Morgan fingerprint density at radius 3 is 2.61 bits per heavy atom. The molecule has 188 valence electrons. The molecule has 0 spiro atoms. The molecule has 0 saturated carbocycles. The van der Waals surface area contributed by atoms with E-state index in [1.807, 2.05) is 60.8 Å². The molecule has 1 aliphatic heterocycles. The minimum Gasteiger partial charge on any atom is -0.462 e. The molecular weight excluding hydrogens is 474 g/mol. The summed E-state index contributed by atoms with van der Waals surface area (Å²) in [5.74, 6) is -0.469. The zero-order valence-corrected chi connectivity index (χ0v) is 21.5. The number of thiophene rings is 1. The first-order chi connectivity index (χ1) is 17.5. The highest BCUT2D eigenvalue weighted by molar-refractivity contribution is 7.10. The fourth-order valence-electron chi connectivity index (χ4n) is 4.54. The number of hydrogen-bond donors (Lipinski definition) is 0. The van der Waals surface area contributed by atoms with Crippen molar-refractivity contribution in [2.75, 3.05) is 19.7 Å². The van der Waals surface area contributed by atoms with Crippen molar-refractivity contribution in [3.05, 3.63) is 92.7 Å². The Kier molecular flexibility index (Phi) is 8.54. The van der Waals surface area contributed by atoms with Crippen LogP contribution in [0.2, 0.25) is 0 Å². The van der Waals surface area contributed by atoms with E-state index in [-0.39, 0.29) is 37.4 Å². The molecule has 2 aromatic carbocycles. The lowest BCUT2D eigenvalue weighted by Crippen LogP contribution is -2.39. The summed E-state index contributed by atoms with van der Waals surface area (Å²) in [7, 11) is 0. The van der Waals surface area contributed by atoms with Gasteiger partial charge in [0.2, 0.25) is 0 Å². The van der Waals surface area contributed by atoms with Gasteiger partial charge < -0.3 is 14.4 Å². The first-order valence-corrected chi connectivity index (χ1v) is 13.2. The second-order valence-corrected chi connectivity index (χ2v) is 9.93. The molecule has 1 aromatic heterocycles. The highest BCUT2D eigenvalue weighted by atomic mass is 32.1. The maximum Gasteiger partial charge on any atom is 0.410 e. The molecule has 0 N–H and O–H groups in total. The second kappa shape index (κ2) is 12.0. The summed E-state index contributed by atoms with van der Waals surface area (Å²) in [6.45, 7) is 5.27. The van der Waals surface area contributed by atoms with Gasteiger partial charge in [-0.2, -0.15) is 0 Å². The Labute approximate surface area is 215 Å². The van der Waals surface area contributed by atoms with E-state index in [0.717, 1.165) is 28.8 Å². The first kappa shape index (κ1) is 25.6. The van der Waals surface area contributed by atoms with E-state index in [9.17, 15) is 14.4 Å². The molecule has 4 rings (SSSR count). The Morgan fingerprint density at radius 2 is 1.86 bits per heavy atom. The quantitative estimate of drug-likeness (QED) is 0.270. The van der Waals surface area contributed by atoms with E-state index >= 15 is 0 Å². The smallest absolute Gasteiger partial charge is 0.410 e. The van der Waals surface area contributed by atoms with Gasteiger partial charge in [-0.3, -0.25) is 4.79 Å². The minimum absolute atomic E-state index is 0.0183. The van der Waals surface area contributed by atoms with Crippen LogP contribution in [0, 0.1) is 6.92 Å². The SMILES string of the molecule is CCOC(=O)c1c(CC(=O)c2cccc(C)c2)csc1C1CCCN(C(=O)OCc2ccccc2)C1. The lowest BCUT2D eigenvalue weighted by Gasteiger charge is -2.32. The molecular formula is C29H31NO5S. The average molecular weight is 506 g/mol. The van der Waals surface area contributed by atoms with E-state index < -0.39 is 5.97 Å². The van der Waals surface area contributed by atoms with Gasteiger partial charge in [0.1, 0.15) is 6.61 Å². The van der Waals surface area contributed by atoms with Gasteiger partial charge >= 0.3 is 12.1 Å². The first-order valence-electron chi connectivity index (χ1n) is 12.3. The molecule has 1 saturated heterocycles.